The van der Waals surface area contributed by atoms with Gasteiger partial charge in [-0.05, 0) is 38.3 Å². The van der Waals surface area contributed by atoms with Crippen molar-refractivity contribution >= 4 is 28.1 Å². The smallest absolute Gasteiger partial charge is 0.259 e. The molecule has 0 aliphatic carbocycles. The number of rotatable bonds is 6. The molecule has 1 aliphatic heterocycles. The van der Waals surface area contributed by atoms with Gasteiger partial charge >= 0.3 is 0 Å². The van der Waals surface area contributed by atoms with Gasteiger partial charge in [0, 0.05) is 47.7 Å². The third kappa shape index (κ3) is 4.59. The van der Waals surface area contributed by atoms with Crippen LogP contribution in [0.2, 0.25) is 0 Å². The molecule has 1 amide bonds. The van der Waals surface area contributed by atoms with Crippen LogP contribution in [0.5, 0.6) is 0 Å². The summed E-state index contributed by atoms with van der Waals surface area (Å²) in [5.74, 6) is 2.14. The summed E-state index contributed by atoms with van der Waals surface area (Å²) < 4.78 is 5.90. The van der Waals surface area contributed by atoms with E-state index < -0.39 is 0 Å². The number of carbonyl (C=O) groups excluding carboxylic acids is 1. The highest BCUT2D eigenvalue weighted by molar-refractivity contribution is 7.11. The first-order valence-corrected chi connectivity index (χ1v) is 12.1. The Labute approximate surface area is 194 Å². The third-order valence-electron chi connectivity index (χ3n) is 6.15. The number of fused-ring (bicyclic) bond motifs is 1. The first-order valence-electron chi connectivity index (χ1n) is 11.2. The number of amides is 1. The van der Waals surface area contributed by atoms with E-state index in [1.807, 2.05) is 47.5 Å². The van der Waals surface area contributed by atoms with Crippen molar-refractivity contribution in [3.05, 3.63) is 62.7 Å². The van der Waals surface area contributed by atoms with E-state index in [2.05, 4.69) is 20.2 Å². The summed E-state index contributed by atoms with van der Waals surface area (Å²) in [6.07, 6.45) is 3.29. The maximum atomic E-state index is 12.7. The standard InChI is InChI=1S/C24H25N5O3S/c1-15-21-18(14-33-15)22(31)26-19(25-21)8-5-9-20(30)29-12-10-17(11-13-29)24-28-27-23(32-24)16-6-3-2-4-7-16/h2-4,6-7,14,17H,5,8-13H2,1H3,(H,25,26,31). The average Bonchev–Trinajstić information content (AvgIpc) is 3.48. The second-order valence-corrected chi connectivity index (χ2v) is 9.47. The molecule has 4 heterocycles. The molecule has 1 N–H and O–H groups in total. The Morgan fingerprint density at radius 2 is 2.00 bits per heavy atom. The molecular formula is C24H25N5O3S. The number of aryl methyl sites for hydroxylation is 2. The van der Waals surface area contributed by atoms with E-state index in [-0.39, 0.29) is 17.4 Å². The highest BCUT2D eigenvalue weighted by Gasteiger charge is 2.27. The number of thiophene rings is 1. The zero-order chi connectivity index (χ0) is 22.8. The van der Waals surface area contributed by atoms with Gasteiger partial charge < -0.3 is 14.3 Å². The molecule has 0 bridgehead atoms. The summed E-state index contributed by atoms with van der Waals surface area (Å²) in [5, 5.41) is 10.9. The Hall–Kier alpha value is -3.33. The maximum Gasteiger partial charge on any atom is 0.259 e. The van der Waals surface area contributed by atoms with E-state index in [0.717, 1.165) is 28.8 Å². The van der Waals surface area contributed by atoms with Gasteiger partial charge in [0.05, 0.1) is 10.9 Å². The van der Waals surface area contributed by atoms with Crippen LogP contribution in [0.1, 0.15) is 48.2 Å². The molecule has 4 aromatic rings. The number of aromatic amines is 1. The first-order chi connectivity index (χ1) is 16.1. The van der Waals surface area contributed by atoms with Crippen LogP contribution in [0, 0.1) is 6.92 Å². The molecule has 0 unspecified atom stereocenters. The Morgan fingerprint density at radius 1 is 1.21 bits per heavy atom. The van der Waals surface area contributed by atoms with Crippen molar-refractivity contribution in [2.24, 2.45) is 0 Å². The van der Waals surface area contributed by atoms with Crippen LogP contribution < -0.4 is 5.56 Å². The van der Waals surface area contributed by atoms with E-state index in [4.69, 9.17) is 4.42 Å². The topological polar surface area (TPSA) is 105 Å². The molecule has 1 aromatic carbocycles. The van der Waals surface area contributed by atoms with Gasteiger partial charge in [-0.3, -0.25) is 9.59 Å². The molecule has 0 radical (unpaired) electrons. The largest absolute Gasteiger partial charge is 0.420 e. The summed E-state index contributed by atoms with van der Waals surface area (Å²) in [6, 6.07) is 9.73. The number of nitrogens with zero attached hydrogens (tertiary/aromatic N) is 4. The van der Waals surface area contributed by atoms with Crippen LogP contribution in [0.15, 0.2) is 44.9 Å². The zero-order valence-electron chi connectivity index (χ0n) is 18.4. The monoisotopic (exact) mass is 463 g/mol. The normalized spacial score (nSPS) is 14.8. The lowest BCUT2D eigenvalue weighted by Crippen LogP contribution is -2.37. The van der Waals surface area contributed by atoms with Gasteiger partial charge in [-0.25, -0.2) is 4.98 Å². The molecule has 1 saturated heterocycles. The van der Waals surface area contributed by atoms with Crippen molar-refractivity contribution in [2.45, 2.75) is 44.9 Å². The molecule has 8 nitrogen and oxygen atoms in total. The minimum atomic E-state index is -0.107. The van der Waals surface area contributed by atoms with Crippen LogP contribution in [-0.4, -0.2) is 44.1 Å². The predicted octanol–water partition coefficient (Wildman–Crippen LogP) is 4.07. The molecule has 1 fully saturated rings. The van der Waals surface area contributed by atoms with Crippen LogP contribution in [0.3, 0.4) is 0 Å². The maximum absolute atomic E-state index is 12.7. The molecule has 1 aliphatic rings. The first kappa shape index (κ1) is 21.5. The second kappa shape index (κ2) is 9.27. The molecule has 0 spiro atoms. The highest BCUT2D eigenvalue weighted by Crippen LogP contribution is 2.29. The van der Waals surface area contributed by atoms with Crippen molar-refractivity contribution in [2.75, 3.05) is 13.1 Å². The van der Waals surface area contributed by atoms with Gasteiger partial charge in [0.25, 0.3) is 5.56 Å². The lowest BCUT2D eigenvalue weighted by atomic mass is 9.96. The van der Waals surface area contributed by atoms with Crippen molar-refractivity contribution < 1.29 is 9.21 Å². The van der Waals surface area contributed by atoms with Gasteiger partial charge in [-0.15, -0.1) is 21.5 Å². The molecule has 0 saturated carbocycles. The van der Waals surface area contributed by atoms with Gasteiger partial charge in [0.2, 0.25) is 17.7 Å². The second-order valence-electron chi connectivity index (χ2n) is 8.39. The van der Waals surface area contributed by atoms with Gasteiger partial charge in [-0.2, -0.15) is 0 Å². The third-order valence-corrected chi connectivity index (χ3v) is 7.05. The van der Waals surface area contributed by atoms with E-state index in [9.17, 15) is 9.59 Å². The molecule has 3 aromatic heterocycles. The fourth-order valence-corrected chi connectivity index (χ4v) is 5.05. The van der Waals surface area contributed by atoms with E-state index in [0.29, 0.717) is 55.3 Å². The lowest BCUT2D eigenvalue weighted by molar-refractivity contribution is -0.132. The number of piperidine rings is 1. The predicted molar refractivity (Wildman–Crippen MR) is 126 cm³/mol. The summed E-state index contributed by atoms with van der Waals surface area (Å²) in [4.78, 5) is 35.3. The Balaban J connectivity index is 1.12. The summed E-state index contributed by atoms with van der Waals surface area (Å²) in [6.45, 7) is 3.33. The number of benzene rings is 1. The Kier molecular flexibility index (Phi) is 6.04. The number of hydrogen-bond acceptors (Lipinski definition) is 7. The number of aromatic nitrogens is 4. The molecule has 9 heteroatoms. The number of carbonyl (C=O) groups is 1. The lowest BCUT2D eigenvalue weighted by Gasteiger charge is -2.30. The number of nitrogens with one attached hydrogen (secondary N) is 1. The van der Waals surface area contributed by atoms with E-state index >= 15 is 0 Å². The number of likely N-dealkylation sites (tertiary alicyclic amines) is 1. The summed E-state index contributed by atoms with van der Waals surface area (Å²) in [7, 11) is 0. The molecular weight excluding hydrogens is 438 g/mol. The molecule has 33 heavy (non-hydrogen) atoms. The van der Waals surface area contributed by atoms with Crippen LogP contribution in [0.4, 0.5) is 0 Å². The van der Waals surface area contributed by atoms with Crippen LogP contribution in [0.25, 0.3) is 22.4 Å². The van der Waals surface area contributed by atoms with Crippen molar-refractivity contribution in [1.82, 2.24) is 25.1 Å². The minimum absolute atomic E-state index is 0.107. The number of H-pyrrole nitrogens is 1. The van der Waals surface area contributed by atoms with Gasteiger partial charge in [0.15, 0.2) is 0 Å². The average molecular weight is 464 g/mol. The van der Waals surface area contributed by atoms with E-state index in [1.54, 1.807) is 0 Å². The quantitative estimate of drug-likeness (QED) is 0.462. The summed E-state index contributed by atoms with van der Waals surface area (Å²) in [5.41, 5.74) is 1.57. The van der Waals surface area contributed by atoms with Crippen molar-refractivity contribution in [1.29, 1.82) is 0 Å². The fraction of sp³-hybridized carbons (Fsp3) is 0.375. The minimum Gasteiger partial charge on any atom is -0.420 e. The van der Waals surface area contributed by atoms with Crippen LogP contribution in [-0.2, 0) is 11.2 Å². The summed E-state index contributed by atoms with van der Waals surface area (Å²) >= 11 is 1.53. The SMILES string of the molecule is Cc1scc2c(=O)[nH]c(CCCC(=O)N3CCC(c4nnc(-c5ccccc5)o4)CC3)nc12. The molecule has 5 rings (SSSR count). The fourth-order valence-electron chi connectivity index (χ4n) is 4.27. The zero-order valence-corrected chi connectivity index (χ0v) is 19.2. The van der Waals surface area contributed by atoms with Crippen molar-refractivity contribution in [3.63, 3.8) is 0 Å². The highest BCUT2D eigenvalue weighted by atomic mass is 32.1. The van der Waals surface area contributed by atoms with Crippen LogP contribution >= 0.6 is 11.3 Å². The molecule has 170 valence electrons. The Morgan fingerprint density at radius 3 is 2.79 bits per heavy atom. The van der Waals surface area contributed by atoms with Gasteiger partial charge in [-0.1, -0.05) is 18.2 Å². The van der Waals surface area contributed by atoms with Crippen molar-refractivity contribution in [3.8, 4) is 11.5 Å². The Bertz CT molecular complexity index is 1320. The van der Waals surface area contributed by atoms with Gasteiger partial charge in [0.1, 0.15) is 5.82 Å². The van der Waals surface area contributed by atoms with E-state index in [1.165, 1.54) is 11.3 Å². The molecule has 0 atom stereocenters. The number of hydrogen-bond donors (Lipinski definition) is 1.